The maximum Gasteiger partial charge on any atom is 0.115 e. The van der Waals surface area contributed by atoms with Crippen molar-refractivity contribution < 1.29 is 5.11 Å². The normalized spacial score (nSPS) is 15.3. The van der Waals surface area contributed by atoms with Gasteiger partial charge in [-0.05, 0) is 35.2 Å². The number of rotatable bonds is 2. The average Bonchev–Trinajstić information content (AvgIpc) is 2.41. The van der Waals surface area contributed by atoms with Crippen molar-refractivity contribution in [2.75, 3.05) is 6.54 Å². The van der Waals surface area contributed by atoms with E-state index < -0.39 is 0 Å². The quantitative estimate of drug-likeness (QED) is 0.871. The largest absolute Gasteiger partial charge is 0.508 e. The van der Waals surface area contributed by atoms with Crippen molar-refractivity contribution in [2.45, 2.75) is 19.5 Å². The Bertz CT molecular complexity index is 533. The molecule has 2 nitrogen and oxygen atoms in total. The molecule has 0 unspecified atom stereocenters. The third kappa shape index (κ3) is 2.39. The smallest absolute Gasteiger partial charge is 0.115 e. The molecule has 0 atom stereocenters. The van der Waals surface area contributed by atoms with Crippen LogP contribution in [-0.4, -0.2) is 16.6 Å². The second-order valence-electron chi connectivity index (χ2n) is 4.90. The van der Waals surface area contributed by atoms with E-state index in [1.807, 2.05) is 12.1 Å². The minimum Gasteiger partial charge on any atom is -0.508 e. The molecule has 2 aromatic rings. The molecule has 2 aromatic carbocycles. The standard InChI is InChI=1S/C16H17NO/c18-16-7-5-13(6-8-16)11-17-10-9-14-3-1-2-4-15(14)12-17/h1-8,18H,9-12H2. The number of benzene rings is 2. The molecule has 0 saturated carbocycles. The van der Waals surface area contributed by atoms with Gasteiger partial charge in [-0.2, -0.15) is 0 Å². The summed E-state index contributed by atoms with van der Waals surface area (Å²) in [5, 5.41) is 9.28. The first kappa shape index (κ1) is 11.3. The fraction of sp³-hybridized carbons (Fsp3) is 0.250. The lowest BCUT2D eigenvalue weighted by Crippen LogP contribution is -2.29. The number of hydrogen-bond donors (Lipinski definition) is 1. The van der Waals surface area contributed by atoms with Crippen LogP contribution in [0, 0.1) is 0 Å². The van der Waals surface area contributed by atoms with Gasteiger partial charge in [0.1, 0.15) is 5.75 Å². The van der Waals surface area contributed by atoms with Crippen LogP contribution in [0.3, 0.4) is 0 Å². The van der Waals surface area contributed by atoms with E-state index in [1.165, 1.54) is 16.7 Å². The molecule has 0 aromatic heterocycles. The Morgan fingerprint density at radius 1 is 0.944 bits per heavy atom. The van der Waals surface area contributed by atoms with E-state index in [0.29, 0.717) is 5.75 Å². The molecule has 0 aliphatic carbocycles. The summed E-state index contributed by atoms with van der Waals surface area (Å²) in [6, 6.07) is 16.2. The third-order valence-corrected chi connectivity index (χ3v) is 3.55. The lowest BCUT2D eigenvalue weighted by molar-refractivity contribution is 0.245. The van der Waals surface area contributed by atoms with Gasteiger partial charge in [0.05, 0.1) is 0 Å². The first-order valence-corrected chi connectivity index (χ1v) is 6.38. The van der Waals surface area contributed by atoms with Gasteiger partial charge < -0.3 is 5.11 Å². The summed E-state index contributed by atoms with van der Waals surface area (Å²) >= 11 is 0. The van der Waals surface area contributed by atoms with Gasteiger partial charge in [-0.1, -0.05) is 36.4 Å². The lowest BCUT2D eigenvalue weighted by Gasteiger charge is -2.28. The molecule has 1 heterocycles. The predicted molar refractivity (Wildman–Crippen MR) is 72.4 cm³/mol. The zero-order valence-electron chi connectivity index (χ0n) is 10.3. The highest BCUT2D eigenvalue weighted by Gasteiger charge is 2.15. The van der Waals surface area contributed by atoms with Gasteiger partial charge in [-0.25, -0.2) is 0 Å². The van der Waals surface area contributed by atoms with Crippen LogP contribution in [0.5, 0.6) is 5.75 Å². The zero-order chi connectivity index (χ0) is 12.4. The highest BCUT2D eigenvalue weighted by atomic mass is 16.3. The highest BCUT2D eigenvalue weighted by molar-refractivity contribution is 5.30. The summed E-state index contributed by atoms with van der Waals surface area (Å²) in [4.78, 5) is 2.45. The summed E-state index contributed by atoms with van der Waals surface area (Å²) in [6.45, 7) is 3.09. The van der Waals surface area contributed by atoms with Gasteiger partial charge in [-0.15, -0.1) is 0 Å². The average molecular weight is 239 g/mol. The summed E-state index contributed by atoms with van der Waals surface area (Å²) < 4.78 is 0. The van der Waals surface area contributed by atoms with E-state index in [2.05, 4.69) is 29.2 Å². The van der Waals surface area contributed by atoms with Gasteiger partial charge in [0.25, 0.3) is 0 Å². The number of hydrogen-bond acceptors (Lipinski definition) is 2. The maximum atomic E-state index is 9.28. The molecule has 0 amide bonds. The van der Waals surface area contributed by atoms with E-state index in [4.69, 9.17) is 0 Å². The van der Waals surface area contributed by atoms with E-state index >= 15 is 0 Å². The van der Waals surface area contributed by atoms with Crippen molar-refractivity contribution in [2.24, 2.45) is 0 Å². The van der Waals surface area contributed by atoms with Crippen LogP contribution in [0.25, 0.3) is 0 Å². The second kappa shape index (κ2) is 4.83. The molecular formula is C16H17NO. The van der Waals surface area contributed by atoms with Crippen LogP contribution in [0.4, 0.5) is 0 Å². The molecule has 0 bridgehead atoms. The second-order valence-corrected chi connectivity index (χ2v) is 4.90. The summed E-state index contributed by atoms with van der Waals surface area (Å²) in [5.41, 5.74) is 4.19. The molecule has 0 spiro atoms. The van der Waals surface area contributed by atoms with Crippen LogP contribution in [0.2, 0.25) is 0 Å². The SMILES string of the molecule is Oc1ccc(CN2CCc3ccccc3C2)cc1. The summed E-state index contributed by atoms with van der Waals surface area (Å²) in [5.74, 6) is 0.336. The molecule has 1 aliphatic rings. The van der Waals surface area contributed by atoms with Gasteiger partial charge in [0.2, 0.25) is 0 Å². The van der Waals surface area contributed by atoms with Crippen LogP contribution in [0.15, 0.2) is 48.5 Å². The van der Waals surface area contributed by atoms with Crippen LogP contribution >= 0.6 is 0 Å². The number of phenolic OH excluding ortho intramolecular Hbond substituents is 1. The van der Waals surface area contributed by atoms with Gasteiger partial charge in [-0.3, -0.25) is 4.90 Å². The lowest BCUT2D eigenvalue weighted by atomic mass is 9.99. The molecule has 3 rings (SSSR count). The van der Waals surface area contributed by atoms with Gasteiger partial charge in [0.15, 0.2) is 0 Å². The fourth-order valence-electron chi connectivity index (χ4n) is 2.55. The molecule has 0 fully saturated rings. The monoisotopic (exact) mass is 239 g/mol. The molecule has 0 saturated heterocycles. The Hall–Kier alpha value is -1.80. The van der Waals surface area contributed by atoms with Crippen molar-refractivity contribution in [1.29, 1.82) is 0 Å². The van der Waals surface area contributed by atoms with Gasteiger partial charge in [0, 0.05) is 19.6 Å². The van der Waals surface area contributed by atoms with E-state index in [-0.39, 0.29) is 0 Å². The first-order valence-electron chi connectivity index (χ1n) is 6.38. The molecule has 1 N–H and O–H groups in total. The Morgan fingerprint density at radius 3 is 2.44 bits per heavy atom. The van der Waals surface area contributed by atoms with Crippen molar-refractivity contribution in [3.8, 4) is 5.75 Å². The Morgan fingerprint density at radius 2 is 1.67 bits per heavy atom. The van der Waals surface area contributed by atoms with Crippen molar-refractivity contribution >= 4 is 0 Å². The zero-order valence-corrected chi connectivity index (χ0v) is 10.3. The van der Waals surface area contributed by atoms with Crippen molar-refractivity contribution in [3.05, 3.63) is 65.2 Å². The van der Waals surface area contributed by atoms with Crippen LogP contribution in [0.1, 0.15) is 16.7 Å². The highest BCUT2D eigenvalue weighted by Crippen LogP contribution is 2.20. The van der Waals surface area contributed by atoms with E-state index in [9.17, 15) is 5.11 Å². The minimum absolute atomic E-state index is 0.336. The predicted octanol–water partition coefficient (Wildman–Crippen LogP) is 2.95. The minimum atomic E-state index is 0.336. The molecule has 0 radical (unpaired) electrons. The first-order chi connectivity index (χ1) is 8.81. The number of phenols is 1. The summed E-state index contributed by atoms with van der Waals surface area (Å²) in [6.07, 6.45) is 1.13. The van der Waals surface area contributed by atoms with Crippen LogP contribution in [-0.2, 0) is 19.5 Å². The fourth-order valence-corrected chi connectivity index (χ4v) is 2.55. The van der Waals surface area contributed by atoms with Crippen molar-refractivity contribution in [1.82, 2.24) is 4.90 Å². The number of aromatic hydroxyl groups is 1. The molecule has 18 heavy (non-hydrogen) atoms. The third-order valence-electron chi connectivity index (χ3n) is 3.55. The van der Waals surface area contributed by atoms with Crippen molar-refractivity contribution in [3.63, 3.8) is 0 Å². The number of nitrogens with zero attached hydrogens (tertiary/aromatic N) is 1. The molecular weight excluding hydrogens is 222 g/mol. The van der Waals surface area contributed by atoms with Gasteiger partial charge >= 0.3 is 0 Å². The van der Waals surface area contributed by atoms with E-state index in [1.54, 1.807) is 12.1 Å². The number of fused-ring (bicyclic) bond motifs is 1. The molecule has 92 valence electrons. The maximum absolute atomic E-state index is 9.28. The van der Waals surface area contributed by atoms with Crippen LogP contribution < -0.4 is 0 Å². The Kier molecular flexibility index (Phi) is 3.03. The topological polar surface area (TPSA) is 23.5 Å². The molecule has 2 heteroatoms. The molecule has 1 aliphatic heterocycles. The Balaban J connectivity index is 1.71. The Labute approximate surface area is 107 Å². The summed E-state index contributed by atoms with van der Waals surface area (Å²) in [7, 11) is 0. The van der Waals surface area contributed by atoms with E-state index in [0.717, 1.165) is 26.1 Å².